The number of hydrogen-bond donors (Lipinski definition) is 1. The molecule has 0 aliphatic carbocycles. The van der Waals surface area contributed by atoms with Crippen molar-refractivity contribution in [1.29, 1.82) is 0 Å². The second-order valence-corrected chi connectivity index (χ2v) is 8.56. The van der Waals surface area contributed by atoms with Crippen molar-refractivity contribution in [3.63, 3.8) is 0 Å². The van der Waals surface area contributed by atoms with Crippen molar-refractivity contribution in [2.45, 2.75) is 13.5 Å². The third-order valence-electron chi connectivity index (χ3n) is 5.33. The Kier molecular flexibility index (Phi) is 6.19. The van der Waals surface area contributed by atoms with Crippen LogP contribution in [-0.2, 0) is 20.6 Å². The number of ether oxygens (including phenoxy) is 1. The second-order valence-electron chi connectivity index (χ2n) is 7.64. The van der Waals surface area contributed by atoms with E-state index in [1.54, 1.807) is 24.9 Å². The van der Waals surface area contributed by atoms with E-state index in [2.05, 4.69) is 31.4 Å². The summed E-state index contributed by atoms with van der Waals surface area (Å²) in [6, 6.07) is 13.6. The predicted molar refractivity (Wildman–Crippen MR) is 132 cm³/mol. The number of aryl methyl sites for hydroxylation is 2. The molecule has 4 aromatic rings. The lowest BCUT2D eigenvalue weighted by atomic mass is 10.1. The van der Waals surface area contributed by atoms with Gasteiger partial charge in [-0.2, -0.15) is 10.1 Å². The van der Waals surface area contributed by atoms with Crippen LogP contribution in [0.15, 0.2) is 61.6 Å². The first-order valence-electron chi connectivity index (χ1n) is 10.1. The molecule has 0 saturated carbocycles. The summed E-state index contributed by atoms with van der Waals surface area (Å²) in [5, 5.41) is 4.33. The summed E-state index contributed by atoms with van der Waals surface area (Å²) >= 11 is 3.45. The van der Waals surface area contributed by atoms with Crippen LogP contribution in [0.5, 0.6) is 5.75 Å². The van der Waals surface area contributed by atoms with Crippen molar-refractivity contribution in [2.75, 3.05) is 12.5 Å². The van der Waals surface area contributed by atoms with E-state index in [4.69, 9.17) is 4.74 Å². The molecule has 0 fully saturated rings. The summed E-state index contributed by atoms with van der Waals surface area (Å²) in [4.78, 5) is 30.0. The Morgan fingerprint density at radius 1 is 1.15 bits per heavy atom. The van der Waals surface area contributed by atoms with E-state index in [1.165, 1.54) is 11.6 Å². The maximum Gasteiger partial charge on any atom is 0.332 e. The predicted octanol–water partition coefficient (Wildman–Crippen LogP) is 3.01. The number of benzene rings is 2. The molecule has 0 aliphatic rings. The van der Waals surface area contributed by atoms with E-state index in [-0.39, 0.29) is 5.65 Å². The molecule has 2 aromatic heterocycles. The van der Waals surface area contributed by atoms with Crippen LogP contribution in [0.3, 0.4) is 0 Å². The molecule has 0 atom stereocenters. The van der Waals surface area contributed by atoms with Gasteiger partial charge in [0.1, 0.15) is 5.75 Å². The van der Waals surface area contributed by atoms with Crippen molar-refractivity contribution < 1.29 is 4.74 Å². The quantitative estimate of drug-likeness (QED) is 0.317. The number of rotatable bonds is 6. The maximum atomic E-state index is 13.0. The van der Waals surface area contributed by atoms with Crippen LogP contribution in [0.2, 0.25) is 0 Å². The number of hydrogen-bond acceptors (Lipinski definition) is 6. The lowest BCUT2D eigenvalue weighted by Gasteiger charge is -2.10. The summed E-state index contributed by atoms with van der Waals surface area (Å²) < 4.78 is 10.4. The first-order valence-corrected chi connectivity index (χ1v) is 10.9. The van der Waals surface area contributed by atoms with Crippen LogP contribution < -0.4 is 21.4 Å². The monoisotopic (exact) mass is 510 g/mol. The van der Waals surface area contributed by atoms with E-state index in [0.29, 0.717) is 23.8 Å². The van der Waals surface area contributed by atoms with Crippen LogP contribution in [0, 0.1) is 6.92 Å². The third kappa shape index (κ3) is 4.34. The number of aromatic nitrogens is 4. The van der Waals surface area contributed by atoms with Gasteiger partial charge in [-0.15, -0.1) is 0 Å². The topological polar surface area (TPSA) is 95.4 Å². The largest absolute Gasteiger partial charge is 0.496 e. The molecule has 0 radical (unpaired) electrons. The van der Waals surface area contributed by atoms with E-state index in [1.807, 2.05) is 49.4 Å². The van der Waals surface area contributed by atoms with Gasteiger partial charge in [-0.25, -0.2) is 10.2 Å². The minimum absolute atomic E-state index is 0.286. The van der Waals surface area contributed by atoms with Gasteiger partial charge in [0.05, 0.1) is 19.9 Å². The van der Waals surface area contributed by atoms with Crippen molar-refractivity contribution in [3.8, 4) is 5.75 Å². The molecule has 33 heavy (non-hydrogen) atoms. The average Bonchev–Trinajstić information content (AvgIpc) is 3.14. The number of hydrazone groups is 1. The zero-order valence-electron chi connectivity index (χ0n) is 18.7. The maximum absolute atomic E-state index is 13.0. The van der Waals surface area contributed by atoms with Gasteiger partial charge in [-0.1, -0.05) is 45.8 Å². The Bertz CT molecular complexity index is 1500. The molecule has 4 rings (SSSR count). The van der Waals surface area contributed by atoms with E-state index >= 15 is 0 Å². The van der Waals surface area contributed by atoms with Crippen LogP contribution in [0.25, 0.3) is 11.2 Å². The Labute approximate surface area is 198 Å². The van der Waals surface area contributed by atoms with Gasteiger partial charge in [-0.05, 0) is 30.7 Å². The van der Waals surface area contributed by atoms with Crippen LogP contribution in [0.1, 0.15) is 16.7 Å². The van der Waals surface area contributed by atoms with Gasteiger partial charge in [0, 0.05) is 24.1 Å². The zero-order chi connectivity index (χ0) is 23.7. The number of nitrogens with zero attached hydrogens (tertiary/aromatic N) is 5. The third-order valence-corrected chi connectivity index (χ3v) is 5.82. The fourth-order valence-electron chi connectivity index (χ4n) is 3.64. The highest BCUT2D eigenvalue weighted by atomic mass is 79.9. The molecule has 0 aliphatic heterocycles. The Morgan fingerprint density at radius 2 is 1.94 bits per heavy atom. The molecule has 0 saturated heterocycles. The van der Waals surface area contributed by atoms with Gasteiger partial charge in [0.2, 0.25) is 5.95 Å². The van der Waals surface area contributed by atoms with Crippen molar-refractivity contribution in [1.82, 2.24) is 18.7 Å². The molecule has 9 nitrogen and oxygen atoms in total. The van der Waals surface area contributed by atoms with Crippen LogP contribution >= 0.6 is 15.9 Å². The molecule has 2 heterocycles. The molecule has 0 unspecified atom stereocenters. The summed E-state index contributed by atoms with van der Waals surface area (Å²) in [5.41, 5.74) is 5.53. The van der Waals surface area contributed by atoms with E-state index < -0.39 is 11.2 Å². The Balaban J connectivity index is 1.83. The molecule has 0 spiro atoms. The number of methoxy groups -OCH3 is 1. The first kappa shape index (κ1) is 22.5. The van der Waals surface area contributed by atoms with Gasteiger partial charge in [-0.3, -0.25) is 18.5 Å². The summed E-state index contributed by atoms with van der Waals surface area (Å²) in [6.45, 7) is 2.39. The van der Waals surface area contributed by atoms with Crippen LogP contribution in [0.4, 0.5) is 5.95 Å². The van der Waals surface area contributed by atoms with E-state index in [9.17, 15) is 9.59 Å². The lowest BCUT2D eigenvalue weighted by Crippen LogP contribution is -2.37. The summed E-state index contributed by atoms with van der Waals surface area (Å²) in [7, 11) is 4.64. The molecule has 0 amide bonds. The SMILES string of the molecule is COc1ccc(Br)cc1/C=N\Nc1nc2c(c(=O)n(C)c(=O)n2C)n1Cc1cccc(C)c1. The normalized spacial score (nSPS) is 11.4. The van der Waals surface area contributed by atoms with Crippen molar-refractivity contribution in [2.24, 2.45) is 19.2 Å². The zero-order valence-corrected chi connectivity index (χ0v) is 20.3. The number of fused-ring (bicyclic) bond motifs is 1. The molecule has 2 aromatic carbocycles. The van der Waals surface area contributed by atoms with E-state index in [0.717, 1.165) is 25.7 Å². The summed E-state index contributed by atoms with van der Waals surface area (Å²) in [5.74, 6) is 1.00. The molecular formula is C23H23BrN6O3. The second kappa shape index (κ2) is 9.07. The molecular weight excluding hydrogens is 488 g/mol. The minimum Gasteiger partial charge on any atom is -0.496 e. The van der Waals surface area contributed by atoms with Crippen molar-refractivity contribution >= 4 is 39.3 Å². The fourth-order valence-corrected chi connectivity index (χ4v) is 4.02. The number of anilines is 1. The highest BCUT2D eigenvalue weighted by molar-refractivity contribution is 9.10. The molecule has 0 bridgehead atoms. The van der Waals surface area contributed by atoms with Crippen molar-refractivity contribution in [3.05, 3.63) is 84.5 Å². The number of nitrogens with one attached hydrogen (secondary N) is 1. The molecule has 170 valence electrons. The van der Waals surface area contributed by atoms with Gasteiger partial charge < -0.3 is 4.74 Å². The Hall–Kier alpha value is -3.66. The van der Waals surface area contributed by atoms with Gasteiger partial charge >= 0.3 is 5.69 Å². The highest BCUT2D eigenvalue weighted by Crippen LogP contribution is 2.22. The highest BCUT2D eigenvalue weighted by Gasteiger charge is 2.19. The fraction of sp³-hybridized carbons (Fsp3) is 0.217. The summed E-state index contributed by atoms with van der Waals surface area (Å²) in [6.07, 6.45) is 1.61. The van der Waals surface area contributed by atoms with Gasteiger partial charge in [0.25, 0.3) is 5.56 Å². The number of imidazole rings is 1. The molecule has 1 N–H and O–H groups in total. The Morgan fingerprint density at radius 3 is 2.67 bits per heavy atom. The standard InChI is InChI=1S/C23H23BrN6O3/c1-14-6-5-7-15(10-14)13-30-19-20(28(2)23(32)29(3)21(19)31)26-22(30)27-25-12-16-11-17(24)8-9-18(16)33-4/h5-12H,13H2,1-4H3,(H,26,27)/b25-12-. The first-order chi connectivity index (χ1) is 15.8. The number of halogens is 1. The average molecular weight is 511 g/mol. The van der Waals surface area contributed by atoms with Crippen LogP contribution in [-0.4, -0.2) is 32.0 Å². The van der Waals surface area contributed by atoms with Gasteiger partial charge in [0.15, 0.2) is 11.2 Å². The lowest BCUT2D eigenvalue weighted by molar-refractivity contribution is 0.414. The smallest absolute Gasteiger partial charge is 0.332 e. The minimum atomic E-state index is -0.443. The molecule has 10 heteroatoms.